The summed E-state index contributed by atoms with van der Waals surface area (Å²) in [6, 6.07) is 0. The molecule has 0 N–H and O–H groups in total. The lowest BCUT2D eigenvalue weighted by Gasteiger charge is -2.26. The van der Waals surface area contributed by atoms with E-state index in [1.807, 2.05) is 0 Å². The first-order chi connectivity index (χ1) is 10.3. The fraction of sp³-hybridized carbons (Fsp3) is 0.333. The number of allylic oxidation sites excluding steroid dienone is 14. The molecule has 0 heterocycles. The lowest BCUT2D eigenvalue weighted by Crippen LogP contribution is -2.14. The van der Waals surface area contributed by atoms with Crippen molar-refractivity contribution < 1.29 is 0 Å². The first-order valence-electron chi connectivity index (χ1n) is 8.07. The Balaban J connectivity index is 2.11. The molecule has 108 valence electrons. The van der Waals surface area contributed by atoms with Crippen LogP contribution in [0.1, 0.15) is 33.1 Å². The zero-order valence-corrected chi connectivity index (χ0v) is 13.0. The van der Waals surface area contributed by atoms with Gasteiger partial charge in [-0.3, -0.25) is 0 Å². The highest BCUT2D eigenvalue weighted by Crippen LogP contribution is 2.36. The van der Waals surface area contributed by atoms with Crippen LogP contribution < -0.4 is 0 Å². The predicted molar refractivity (Wildman–Crippen MR) is 91.9 cm³/mol. The van der Waals surface area contributed by atoms with E-state index in [1.54, 1.807) is 0 Å². The zero-order chi connectivity index (χ0) is 14.7. The minimum absolute atomic E-state index is 0.588. The van der Waals surface area contributed by atoms with Crippen LogP contribution in [0, 0.1) is 11.8 Å². The van der Waals surface area contributed by atoms with Gasteiger partial charge >= 0.3 is 0 Å². The van der Waals surface area contributed by atoms with Crippen molar-refractivity contribution in [3.05, 3.63) is 83.1 Å². The maximum absolute atomic E-state index is 2.35. The monoisotopic (exact) mass is 276 g/mol. The number of hydrogen-bond acceptors (Lipinski definition) is 0. The van der Waals surface area contributed by atoms with E-state index in [0.29, 0.717) is 11.8 Å². The molecule has 1 unspecified atom stereocenters. The van der Waals surface area contributed by atoms with Crippen molar-refractivity contribution >= 4 is 0 Å². The van der Waals surface area contributed by atoms with E-state index in [2.05, 4.69) is 74.6 Å². The Morgan fingerprint density at radius 2 is 1.38 bits per heavy atom. The third kappa shape index (κ3) is 3.10. The van der Waals surface area contributed by atoms with E-state index in [9.17, 15) is 0 Å². The summed E-state index contributed by atoms with van der Waals surface area (Å²) in [5.74, 6) is 1.23. The van der Waals surface area contributed by atoms with Crippen LogP contribution in [-0.4, -0.2) is 0 Å². The maximum atomic E-state index is 2.35. The molecule has 0 nitrogen and oxygen atoms in total. The summed E-state index contributed by atoms with van der Waals surface area (Å²) in [7, 11) is 0. The Kier molecular flexibility index (Phi) is 4.24. The first kappa shape index (κ1) is 14.1. The van der Waals surface area contributed by atoms with Gasteiger partial charge < -0.3 is 0 Å². The molecule has 0 radical (unpaired) electrons. The molecule has 0 spiro atoms. The molecule has 0 aromatic carbocycles. The van der Waals surface area contributed by atoms with Gasteiger partial charge in [-0.15, -0.1) is 0 Å². The second-order valence-electron chi connectivity index (χ2n) is 6.36. The van der Waals surface area contributed by atoms with Crippen molar-refractivity contribution in [2.45, 2.75) is 33.1 Å². The summed E-state index contributed by atoms with van der Waals surface area (Å²) in [6.07, 6.45) is 26.2. The van der Waals surface area contributed by atoms with Gasteiger partial charge in [-0.2, -0.15) is 0 Å². The predicted octanol–water partition coefficient (Wildman–Crippen LogP) is 5.84. The Hall–Kier alpha value is -1.82. The summed E-state index contributed by atoms with van der Waals surface area (Å²) in [5.41, 5.74) is 5.74. The molecule has 0 amide bonds. The average Bonchev–Trinajstić information content (AvgIpc) is 2.80. The zero-order valence-electron chi connectivity index (χ0n) is 13.0. The minimum Gasteiger partial charge on any atom is -0.0804 e. The highest BCUT2D eigenvalue weighted by atomic mass is 14.3. The minimum atomic E-state index is 0.588. The van der Waals surface area contributed by atoms with E-state index in [-0.39, 0.29) is 0 Å². The molecule has 21 heavy (non-hydrogen) atoms. The fourth-order valence-electron chi connectivity index (χ4n) is 3.31. The summed E-state index contributed by atoms with van der Waals surface area (Å²) in [6.45, 7) is 4.69. The van der Waals surface area contributed by atoms with Crippen LogP contribution in [-0.2, 0) is 0 Å². The lowest BCUT2D eigenvalue weighted by molar-refractivity contribution is 0.447. The van der Waals surface area contributed by atoms with Gasteiger partial charge in [-0.25, -0.2) is 0 Å². The van der Waals surface area contributed by atoms with Crippen LogP contribution in [0.25, 0.3) is 0 Å². The molecule has 0 saturated heterocycles. The normalized spacial score (nSPS) is 26.1. The maximum Gasteiger partial charge on any atom is -0.00924 e. The van der Waals surface area contributed by atoms with Crippen LogP contribution in [0.4, 0.5) is 0 Å². The molecule has 0 aromatic heterocycles. The first-order valence-corrected chi connectivity index (χ1v) is 8.07. The van der Waals surface area contributed by atoms with Crippen LogP contribution in [0.15, 0.2) is 83.1 Å². The molecule has 3 aliphatic rings. The Morgan fingerprint density at radius 3 is 2.14 bits per heavy atom. The summed E-state index contributed by atoms with van der Waals surface area (Å²) in [5, 5.41) is 0. The summed E-state index contributed by atoms with van der Waals surface area (Å²) in [4.78, 5) is 0. The van der Waals surface area contributed by atoms with Gasteiger partial charge in [0.2, 0.25) is 0 Å². The lowest BCUT2D eigenvalue weighted by atomic mass is 9.78. The van der Waals surface area contributed by atoms with Gasteiger partial charge in [-0.05, 0) is 53.4 Å². The quantitative estimate of drug-likeness (QED) is 0.564. The van der Waals surface area contributed by atoms with E-state index in [0.717, 1.165) is 19.3 Å². The molecule has 0 aliphatic heterocycles. The van der Waals surface area contributed by atoms with Crippen molar-refractivity contribution in [3.8, 4) is 0 Å². The average molecular weight is 276 g/mol. The topological polar surface area (TPSA) is 0 Å². The molecular weight excluding hydrogens is 252 g/mol. The molecule has 3 rings (SSSR count). The molecule has 0 saturated carbocycles. The molecule has 0 fully saturated rings. The van der Waals surface area contributed by atoms with Gasteiger partial charge in [0.1, 0.15) is 0 Å². The van der Waals surface area contributed by atoms with E-state index in [4.69, 9.17) is 0 Å². The number of hydrogen-bond donors (Lipinski definition) is 0. The van der Waals surface area contributed by atoms with Crippen molar-refractivity contribution in [3.63, 3.8) is 0 Å². The van der Waals surface area contributed by atoms with E-state index >= 15 is 0 Å². The highest BCUT2D eigenvalue weighted by molar-refractivity contribution is 5.52. The Morgan fingerprint density at radius 1 is 0.762 bits per heavy atom. The smallest absolute Gasteiger partial charge is 0.00924 e. The number of rotatable bonds is 1. The van der Waals surface area contributed by atoms with Gasteiger partial charge in [0.15, 0.2) is 0 Å². The Bertz CT molecular complexity index is 612. The van der Waals surface area contributed by atoms with E-state index < -0.39 is 0 Å². The molecule has 1 atom stereocenters. The third-order valence-corrected chi connectivity index (χ3v) is 4.55. The molecule has 0 bridgehead atoms. The van der Waals surface area contributed by atoms with Crippen LogP contribution >= 0.6 is 0 Å². The second kappa shape index (κ2) is 6.30. The summed E-state index contributed by atoms with van der Waals surface area (Å²) >= 11 is 0. The standard InChI is InChI=1S/C21H24/c1-16(2)21-15-19-11-7-3-5-9-17(19)13-14-18-10-6-4-8-12-20(18)21/h5-14,16,21H,3-4,15H2,1-2H3/b14-13-. The SMILES string of the molecule is CC(C)C1CC2=C(C=CCC=C2)/C=C\C2=C1C=CCC=C2. The van der Waals surface area contributed by atoms with E-state index in [1.165, 1.54) is 22.3 Å². The van der Waals surface area contributed by atoms with Crippen molar-refractivity contribution in [1.29, 1.82) is 0 Å². The van der Waals surface area contributed by atoms with Gasteiger partial charge in [0.25, 0.3) is 0 Å². The third-order valence-electron chi connectivity index (χ3n) is 4.55. The largest absolute Gasteiger partial charge is 0.0804 e. The van der Waals surface area contributed by atoms with Gasteiger partial charge in [-0.1, -0.05) is 74.6 Å². The molecule has 0 aromatic rings. The van der Waals surface area contributed by atoms with Crippen LogP contribution in [0.3, 0.4) is 0 Å². The fourth-order valence-corrected chi connectivity index (χ4v) is 3.31. The van der Waals surface area contributed by atoms with Gasteiger partial charge in [0, 0.05) is 0 Å². The molecular formula is C21H24. The highest BCUT2D eigenvalue weighted by Gasteiger charge is 2.22. The second-order valence-corrected chi connectivity index (χ2v) is 6.36. The van der Waals surface area contributed by atoms with Crippen molar-refractivity contribution in [2.24, 2.45) is 11.8 Å². The Labute approximate surface area is 128 Å². The summed E-state index contributed by atoms with van der Waals surface area (Å²) < 4.78 is 0. The van der Waals surface area contributed by atoms with Crippen LogP contribution in [0.2, 0.25) is 0 Å². The van der Waals surface area contributed by atoms with Gasteiger partial charge in [0.05, 0.1) is 0 Å². The van der Waals surface area contributed by atoms with Crippen LogP contribution in [0.5, 0.6) is 0 Å². The van der Waals surface area contributed by atoms with Crippen molar-refractivity contribution in [1.82, 2.24) is 0 Å². The molecule has 3 aliphatic carbocycles. The van der Waals surface area contributed by atoms with Crippen molar-refractivity contribution in [2.75, 3.05) is 0 Å². The molecule has 0 heteroatoms.